The first-order chi connectivity index (χ1) is 12.5. The number of guanidine groups is 1. The smallest absolute Gasteiger partial charge is 0.194 e. The van der Waals surface area contributed by atoms with E-state index in [0.29, 0.717) is 6.54 Å². The van der Waals surface area contributed by atoms with Crippen molar-refractivity contribution in [3.8, 4) is 0 Å². The van der Waals surface area contributed by atoms with Gasteiger partial charge in [0.15, 0.2) is 5.96 Å². The second-order valence-electron chi connectivity index (χ2n) is 6.98. The van der Waals surface area contributed by atoms with Crippen LogP contribution in [-0.2, 0) is 33.0 Å². The van der Waals surface area contributed by atoms with Crippen LogP contribution in [0.5, 0.6) is 0 Å². The molecule has 0 spiro atoms. The van der Waals surface area contributed by atoms with Gasteiger partial charge in [0, 0.05) is 36.8 Å². The van der Waals surface area contributed by atoms with E-state index in [-0.39, 0.29) is 0 Å². The minimum absolute atomic E-state index is 0.645. The number of rotatable bonds is 5. The number of nitrogens with one attached hydrogen (secondary N) is 1. The average molecular weight is 375 g/mol. The quantitative estimate of drug-likeness (QED) is 0.646. The molecule has 1 aliphatic rings. The highest BCUT2D eigenvalue weighted by molar-refractivity contribution is 7.11. The van der Waals surface area contributed by atoms with Crippen LogP contribution in [0.1, 0.15) is 52.3 Å². The van der Waals surface area contributed by atoms with Crippen molar-refractivity contribution in [1.82, 2.24) is 25.0 Å². The first kappa shape index (κ1) is 18.9. The molecule has 0 saturated heterocycles. The highest BCUT2D eigenvalue weighted by Crippen LogP contribution is 2.27. The van der Waals surface area contributed by atoms with Crippen molar-refractivity contribution in [1.29, 1.82) is 0 Å². The van der Waals surface area contributed by atoms with Crippen molar-refractivity contribution in [3.05, 3.63) is 32.5 Å². The number of hydrogen-bond donors (Lipinski definition) is 1. The fraction of sp³-hybridized carbons (Fsp3) is 0.632. The Balaban J connectivity index is 1.72. The summed E-state index contributed by atoms with van der Waals surface area (Å²) in [5.41, 5.74) is 4.77. The maximum Gasteiger partial charge on any atom is 0.194 e. The molecule has 6 nitrogen and oxygen atoms in total. The summed E-state index contributed by atoms with van der Waals surface area (Å²) in [6.45, 7) is 8.55. The molecule has 0 bridgehead atoms. The van der Waals surface area contributed by atoms with Gasteiger partial charge in [-0.15, -0.1) is 11.3 Å². The number of aromatic nitrogens is 3. The predicted octanol–water partition coefficient (Wildman–Crippen LogP) is 2.97. The van der Waals surface area contributed by atoms with Crippen LogP contribution in [0.3, 0.4) is 0 Å². The van der Waals surface area contributed by atoms with Crippen LogP contribution in [0.15, 0.2) is 4.99 Å². The maximum atomic E-state index is 4.86. The molecule has 7 heteroatoms. The molecule has 0 unspecified atom stereocenters. The average Bonchev–Trinajstić information content (AvgIpc) is 3.12. The van der Waals surface area contributed by atoms with Gasteiger partial charge in [0.05, 0.1) is 24.5 Å². The van der Waals surface area contributed by atoms with Crippen molar-refractivity contribution in [2.75, 3.05) is 13.6 Å². The van der Waals surface area contributed by atoms with Crippen molar-refractivity contribution in [2.24, 2.45) is 12.0 Å². The molecule has 1 aliphatic carbocycles. The minimum atomic E-state index is 0.645. The second kappa shape index (κ2) is 8.20. The van der Waals surface area contributed by atoms with Gasteiger partial charge >= 0.3 is 0 Å². The Labute approximate surface area is 160 Å². The number of fused-ring (bicyclic) bond motifs is 1. The molecule has 0 aliphatic heterocycles. The number of thiazole rings is 1. The number of aryl methyl sites for hydroxylation is 4. The lowest BCUT2D eigenvalue weighted by atomic mass is 10.0. The minimum Gasteiger partial charge on any atom is -0.357 e. The van der Waals surface area contributed by atoms with E-state index in [1.54, 1.807) is 0 Å². The Hall–Kier alpha value is -1.89. The van der Waals surface area contributed by atoms with Gasteiger partial charge in [0.2, 0.25) is 0 Å². The summed E-state index contributed by atoms with van der Waals surface area (Å²) in [5.74, 6) is 0.920. The predicted molar refractivity (Wildman–Crippen MR) is 108 cm³/mol. The SMILES string of the molecule is CCNC(=NCc1c(C)nn(C)c1C)N(C)Cc1nc2c(s1)CCCC2. The maximum absolute atomic E-state index is 4.86. The van der Waals surface area contributed by atoms with Gasteiger partial charge in [0.25, 0.3) is 0 Å². The third kappa shape index (κ3) is 4.09. The van der Waals surface area contributed by atoms with Crippen molar-refractivity contribution in [3.63, 3.8) is 0 Å². The Morgan fingerprint density at radius 2 is 2.08 bits per heavy atom. The standard InChI is InChI=1S/C19H30N6S/c1-6-20-19(21-11-15-13(2)23-25(5)14(15)3)24(4)12-18-22-16-9-7-8-10-17(16)26-18/h6-12H2,1-5H3,(H,20,21). The van der Waals surface area contributed by atoms with E-state index in [9.17, 15) is 0 Å². The van der Waals surface area contributed by atoms with E-state index in [1.807, 2.05) is 23.1 Å². The van der Waals surface area contributed by atoms with E-state index < -0.39 is 0 Å². The normalized spacial score (nSPS) is 14.4. The van der Waals surface area contributed by atoms with Crippen LogP contribution >= 0.6 is 11.3 Å². The zero-order valence-electron chi connectivity index (χ0n) is 16.6. The number of aliphatic imine (C=N–C) groups is 1. The summed E-state index contributed by atoms with van der Waals surface area (Å²) in [6, 6.07) is 0. The molecule has 0 saturated carbocycles. The molecule has 26 heavy (non-hydrogen) atoms. The van der Waals surface area contributed by atoms with Gasteiger partial charge in [-0.1, -0.05) is 0 Å². The highest BCUT2D eigenvalue weighted by atomic mass is 32.1. The number of nitrogens with zero attached hydrogens (tertiary/aromatic N) is 5. The summed E-state index contributed by atoms with van der Waals surface area (Å²) in [5, 5.41) is 9.09. The monoisotopic (exact) mass is 374 g/mol. The Morgan fingerprint density at radius 3 is 2.73 bits per heavy atom. The summed E-state index contributed by atoms with van der Waals surface area (Å²) < 4.78 is 1.93. The van der Waals surface area contributed by atoms with Crippen LogP contribution < -0.4 is 5.32 Å². The van der Waals surface area contributed by atoms with Crippen LogP contribution in [0.4, 0.5) is 0 Å². The molecule has 0 atom stereocenters. The van der Waals surface area contributed by atoms with Gasteiger partial charge in [0.1, 0.15) is 5.01 Å². The van der Waals surface area contributed by atoms with Crippen LogP contribution in [-0.4, -0.2) is 39.2 Å². The molecule has 3 rings (SSSR count). The summed E-state index contributed by atoms with van der Waals surface area (Å²) in [7, 11) is 4.07. The summed E-state index contributed by atoms with van der Waals surface area (Å²) >= 11 is 1.87. The van der Waals surface area contributed by atoms with Gasteiger partial charge in [-0.25, -0.2) is 9.98 Å². The molecule has 2 heterocycles. The summed E-state index contributed by atoms with van der Waals surface area (Å²) in [4.78, 5) is 13.4. The lowest BCUT2D eigenvalue weighted by Gasteiger charge is -2.21. The first-order valence-corrected chi connectivity index (χ1v) is 10.3. The lowest BCUT2D eigenvalue weighted by Crippen LogP contribution is -2.38. The van der Waals surface area contributed by atoms with Gasteiger partial charge in [-0.3, -0.25) is 4.68 Å². The fourth-order valence-corrected chi connectivity index (χ4v) is 4.63. The fourth-order valence-electron chi connectivity index (χ4n) is 3.42. The highest BCUT2D eigenvalue weighted by Gasteiger charge is 2.17. The molecular formula is C19H30N6S. The van der Waals surface area contributed by atoms with Crippen molar-refractivity contribution < 1.29 is 0 Å². The molecule has 0 amide bonds. The molecule has 2 aromatic heterocycles. The first-order valence-electron chi connectivity index (χ1n) is 9.45. The molecule has 142 valence electrons. The van der Waals surface area contributed by atoms with Crippen LogP contribution in [0.2, 0.25) is 0 Å². The van der Waals surface area contributed by atoms with E-state index >= 15 is 0 Å². The molecule has 2 aromatic rings. The van der Waals surface area contributed by atoms with Crippen molar-refractivity contribution >= 4 is 17.3 Å². The zero-order valence-corrected chi connectivity index (χ0v) is 17.4. The van der Waals surface area contributed by atoms with Crippen LogP contribution in [0.25, 0.3) is 0 Å². The molecule has 0 radical (unpaired) electrons. The summed E-state index contributed by atoms with van der Waals surface area (Å²) in [6.07, 6.45) is 4.92. The van der Waals surface area contributed by atoms with Gasteiger partial charge in [-0.2, -0.15) is 5.10 Å². The third-order valence-electron chi connectivity index (χ3n) is 5.00. The zero-order chi connectivity index (χ0) is 18.7. The van der Waals surface area contributed by atoms with Gasteiger partial charge < -0.3 is 10.2 Å². The Bertz CT molecular complexity index is 765. The lowest BCUT2D eigenvalue weighted by molar-refractivity contribution is 0.474. The van der Waals surface area contributed by atoms with E-state index in [1.165, 1.54) is 46.1 Å². The van der Waals surface area contributed by atoms with E-state index in [2.05, 4.69) is 43.1 Å². The molecular weight excluding hydrogens is 344 g/mol. The van der Waals surface area contributed by atoms with Crippen LogP contribution in [0, 0.1) is 13.8 Å². The number of hydrogen-bond acceptors (Lipinski definition) is 4. The third-order valence-corrected chi connectivity index (χ3v) is 6.15. The topological polar surface area (TPSA) is 58.3 Å². The molecule has 1 N–H and O–H groups in total. The Morgan fingerprint density at radius 1 is 1.31 bits per heavy atom. The largest absolute Gasteiger partial charge is 0.357 e. The molecule has 0 aromatic carbocycles. The van der Waals surface area contributed by atoms with E-state index in [0.717, 1.165) is 31.2 Å². The molecule has 0 fully saturated rings. The van der Waals surface area contributed by atoms with E-state index in [4.69, 9.17) is 9.98 Å². The van der Waals surface area contributed by atoms with Crippen molar-refractivity contribution in [2.45, 2.75) is 59.5 Å². The second-order valence-corrected chi connectivity index (χ2v) is 8.15. The van der Waals surface area contributed by atoms with Gasteiger partial charge in [-0.05, 0) is 46.5 Å². The Kier molecular flexibility index (Phi) is 5.96.